The van der Waals surface area contributed by atoms with Crippen molar-refractivity contribution < 1.29 is 13.5 Å². The number of hydrogen-bond donors (Lipinski definition) is 2. The van der Waals surface area contributed by atoms with Gasteiger partial charge in [-0.15, -0.1) is 0 Å². The van der Waals surface area contributed by atoms with E-state index in [4.69, 9.17) is 5.73 Å². The standard InChI is InChI=1S/C10H14N2O3S/c11-9-5-8(1-3-12-9)6-10(13)2-4-16(14,15)7-10/h1,3,5,13H,2,4,6-7H2,(H2,11,12). The van der Waals surface area contributed by atoms with E-state index >= 15 is 0 Å². The van der Waals surface area contributed by atoms with Crippen LogP contribution in [0, 0.1) is 0 Å². The molecule has 5 nitrogen and oxygen atoms in total. The van der Waals surface area contributed by atoms with Crippen molar-refractivity contribution in [2.24, 2.45) is 0 Å². The third kappa shape index (κ3) is 2.51. The van der Waals surface area contributed by atoms with Gasteiger partial charge < -0.3 is 10.8 Å². The van der Waals surface area contributed by atoms with Gasteiger partial charge in [-0.1, -0.05) is 0 Å². The number of nitrogen functional groups attached to an aromatic ring is 1. The predicted molar refractivity (Wildman–Crippen MR) is 60.6 cm³/mol. The van der Waals surface area contributed by atoms with Crippen molar-refractivity contribution in [3.8, 4) is 0 Å². The van der Waals surface area contributed by atoms with Crippen molar-refractivity contribution >= 4 is 15.7 Å². The van der Waals surface area contributed by atoms with E-state index in [1.807, 2.05) is 0 Å². The van der Waals surface area contributed by atoms with E-state index < -0.39 is 15.4 Å². The van der Waals surface area contributed by atoms with Gasteiger partial charge in [0.25, 0.3) is 0 Å². The molecule has 1 fully saturated rings. The summed E-state index contributed by atoms with van der Waals surface area (Å²) in [4.78, 5) is 3.84. The van der Waals surface area contributed by atoms with Gasteiger partial charge in [0, 0.05) is 12.6 Å². The van der Waals surface area contributed by atoms with Crippen LogP contribution >= 0.6 is 0 Å². The summed E-state index contributed by atoms with van der Waals surface area (Å²) >= 11 is 0. The van der Waals surface area contributed by atoms with Crippen molar-refractivity contribution in [2.75, 3.05) is 17.2 Å². The first kappa shape index (κ1) is 11.3. The third-order valence-corrected chi connectivity index (χ3v) is 4.55. The van der Waals surface area contributed by atoms with Crippen molar-refractivity contribution in [3.05, 3.63) is 23.9 Å². The summed E-state index contributed by atoms with van der Waals surface area (Å²) in [5.74, 6) is 0.272. The molecule has 0 amide bonds. The lowest BCUT2D eigenvalue weighted by atomic mass is 9.95. The van der Waals surface area contributed by atoms with Gasteiger partial charge in [-0.3, -0.25) is 0 Å². The first-order chi connectivity index (χ1) is 7.39. The van der Waals surface area contributed by atoms with Crippen LogP contribution in [0.2, 0.25) is 0 Å². The maximum atomic E-state index is 11.3. The molecule has 1 unspecified atom stereocenters. The Kier molecular flexibility index (Phi) is 2.63. The zero-order valence-corrected chi connectivity index (χ0v) is 9.57. The Morgan fingerprint density at radius 1 is 1.56 bits per heavy atom. The van der Waals surface area contributed by atoms with Gasteiger partial charge in [-0.25, -0.2) is 13.4 Å². The fourth-order valence-corrected chi connectivity index (χ4v) is 3.92. The minimum absolute atomic E-state index is 0.0596. The lowest BCUT2D eigenvalue weighted by Crippen LogP contribution is -2.32. The molecule has 1 atom stereocenters. The number of rotatable bonds is 2. The predicted octanol–water partition coefficient (Wildman–Crippen LogP) is -0.244. The summed E-state index contributed by atoms with van der Waals surface area (Å²) in [5, 5.41) is 10.1. The van der Waals surface area contributed by atoms with E-state index in [-0.39, 0.29) is 17.9 Å². The molecule has 0 aliphatic carbocycles. The first-order valence-electron chi connectivity index (χ1n) is 5.02. The molecule has 2 rings (SSSR count). The number of anilines is 1. The van der Waals surface area contributed by atoms with Crippen molar-refractivity contribution in [3.63, 3.8) is 0 Å². The normalized spacial score (nSPS) is 28.1. The monoisotopic (exact) mass is 242 g/mol. The highest BCUT2D eigenvalue weighted by atomic mass is 32.2. The number of hydrogen-bond acceptors (Lipinski definition) is 5. The molecule has 0 spiro atoms. The van der Waals surface area contributed by atoms with E-state index in [1.165, 1.54) is 0 Å². The van der Waals surface area contributed by atoms with E-state index in [0.29, 0.717) is 12.2 Å². The maximum absolute atomic E-state index is 11.3. The fraction of sp³-hybridized carbons (Fsp3) is 0.500. The van der Waals surface area contributed by atoms with Gasteiger partial charge in [0.1, 0.15) is 5.82 Å². The van der Waals surface area contributed by atoms with Crippen molar-refractivity contribution in [1.29, 1.82) is 0 Å². The van der Waals surface area contributed by atoms with Crippen LogP contribution in [0.3, 0.4) is 0 Å². The smallest absolute Gasteiger partial charge is 0.153 e. The second-order valence-corrected chi connectivity index (χ2v) is 6.52. The molecular weight excluding hydrogens is 228 g/mol. The Bertz CT molecular complexity index is 501. The van der Waals surface area contributed by atoms with E-state index in [9.17, 15) is 13.5 Å². The highest BCUT2D eigenvalue weighted by Gasteiger charge is 2.40. The molecule has 0 radical (unpaired) electrons. The minimum atomic E-state index is -3.08. The summed E-state index contributed by atoms with van der Waals surface area (Å²) in [6.45, 7) is 0. The van der Waals surface area contributed by atoms with Crippen LogP contribution < -0.4 is 5.73 Å². The molecule has 3 N–H and O–H groups in total. The molecule has 1 aromatic heterocycles. The molecule has 1 aromatic rings. The largest absolute Gasteiger partial charge is 0.388 e. The number of nitrogens with two attached hydrogens (primary N) is 1. The van der Waals surface area contributed by atoms with Crippen LogP contribution in [0.1, 0.15) is 12.0 Å². The number of nitrogens with zero attached hydrogens (tertiary/aromatic N) is 1. The second kappa shape index (κ2) is 3.71. The molecule has 2 heterocycles. The number of aliphatic hydroxyl groups is 1. The van der Waals surface area contributed by atoms with Crippen LogP contribution in [-0.4, -0.2) is 35.6 Å². The molecule has 0 bridgehead atoms. The lowest BCUT2D eigenvalue weighted by molar-refractivity contribution is 0.0682. The van der Waals surface area contributed by atoms with E-state index in [0.717, 1.165) is 5.56 Å². The zero-order valence-electron chi connectivity index (χ0n) is 8.76. The Labute approximate surface area is 94.2 Å². The highest BCUT2D eigenvalue weighted by Crippen LogP contribution is 2.27. The van der Waals surface area contributed by atoms with Crippen LogP contribution in [0.5, 0.6) is 0 Å². The van der Waals surface area contributed by atoms with Crippen LogP contribution in [-0.2, 0) is 16.3 Å². The molecule has 0 aromatic carbocycles. The average molecular weight is 242 g/mol. The van der Waals surface area contributed by atoms with Crippen LogP contribution in [0.15, 0.2) is 18.3 Å². The van der Waals surface area contributed by atoms with E-state index in [2.05, 4.69) is 4.98 Å². The second-order valence-electron chi connectivity index (χ2n) is 4.33. The van der Waals surface area contributed by atoms with Gasteiger partial charge >= 0.3 is 0 Å². The van der Waals surface area contributed by atoms with Crippen LogP contribution in [0.25, 0.3) is 0 Å². The Morgan fingerprint density at radius 2 is 2.31 bits per heavy atom. The van der Waals surface area contributed by atoms with Crippen molar-refractivity contribution in [2.45, 2.75) is 18.4 Å². The number of aromatic nitrogens is 1. The molecule has 6 heteroatoms. The molecule has 0 saturated carbocycles. The third-order valence-electron chi connectivity index (χ3n) is 2.75. The van der Waals surface area contributed by atoms with E-state index in [1.54, 1.807) is 18.3 Å². The topological polar surface area (TPSA) is 93.3 Å². The lowest BCUT2D eigenvalue weighted by Gasteiger charge is -2.20. The Hall–Kier alpha value is -1.14. The number of sulfone groups is 1. The summed E-state index contributed by atoms with van der Waals surface area (Å²) in [7, 11) is -3.08. The quantitative estimate of drug-likeness (QED) is 0.746. The highest BCUT2D eigenvalue weighted by molar-refractivity contribution is 7.91. The van der Waals surface area contributed by atoms with Gasteiger partial charge in [0.2, 0.25) is 0 Å². The molecule has 1 aliphatic rings. The summed E-state index contributed by atoms with van der Waals surface area (Å²) in [6.07, 6.45) is 2.15. The van der Waals surface area contributed by atoms with Gasteiger partial charge in [-0.05, 0) is 24.1 Å². The Morgan fingerprint density at radius 3 is 2.88 bits per heavy atom. The van der Waals surface area contributed by atoms with Gasteiger partial charge in [-0.2, -0.15) is 0 Å². The fourth-order valence-electron chi connectivity index (χ4n) is 2.02. The minimum Gasteiger partial charge on any atom is -0.388 e. The number of pyridine rings is 1. The maximum Gasteiger partial charge on any atom is 0.153 e. The molecule has 16 heavy (non-hydrogen) atoms. The summed E-state index contributed by atoms with van der Waals surface area (Å²) < 4.78 is 22.6. The van der Waals surface area contributed by atoms with Gasteiger partial charge in [0.05, 0.1) is 17.1 Å². The average Bonchev–Trinajstić information content (AvgIpc) is 2.40. The molecular formula is C10H14N2O3S. The van der Waals surface area contributed by atoms with Crippen LogP contribution in [0.4, 0.5) is 5.82 Å². The van der Waals surface area contributed by atoms with Crippen molar-refractivity contribution in [1.82, 2.24) is 4.98 Å². The SMILES string of the molecule is Nc1cc(CC2(O)CCS(=O)(=O)C2)ccn1. The van der Waals surface area contributed by atoms with Gasteiger partial charge in [0.15, 0.2) is 9.84 Å². The zero-order chi connectivity index (χ0) is 11.8. The molecule has 88 valence electrons. The summed E-state index contributed by atoms with van der Waals surface area (Å²) in [5.41, 5.74) is 5.18. The molecule has 1 saturated heterocycles. The summed E-state index contributed by atoms with van der Waals surface area (Å²) in [6, 6.07) is 3.39. The Balaban J connectivity index is 2.16. The first-order valence-corrected chi connectivity index (χ1v) is 6.84. The molecule has 1 aliphatic heterocycles.